The Balaban J connectivity index is 2.95. The van der Waals surface area contributed by atoms with Crippen LogP contribution in [0.5, 0.6) is 0 Å². The first-order valence-electron chi connectivity index (χ1n) is 3.65. The number of carboxylic acid groups (broad SMARTS) is 1. The number of carboxylic acids is 1. The third-order valence-corrected chi connectivity index (χ3v) is 1.54. The SMILES string of the molecule is C=CCc1cccc(C(=O)[O-])c1. The second kappa shape index (κ2) is 3.72. The summed E-state index contributed by atoms with van der Waals surface area (Å²) in [5.74, 6) is -1.14. The van der Waals surface area contributed by atoms with E-state index < -0.39 is 5.97 Å². The summed E-state index contributed by atoms with van der Waals surface area (Å²) in [5, 5.41) is 10.4. The highest BCUT2D eigenvalue weighted by Gasteiger charge is 1.93. The topological polar surface area (TPSA) is 40.1 Å². The molecule has 0 fully saturated rings. The molecule has 0 aromatic heterocycles. The maximum Gasteiger partial charge on any atom is 0.0715 e. The van der Waals surface area contributed by atoms with Crippen molar-refractivity contribution in [2.24, 2.45) is 0 Å². The fourth-order valence-corrected chi connectivity index (χ4v) is 0.992. The summed E-state index contributed by atoms with van der Waals surface area (Å²) in [7, 11) is 0. The van der Waals surface area contributed by atoms with E-state index in [-0.39, 0.29) is 5.56 Å². The van der Waals surface area contributed by atoms with E-state index in [0.29, 0.717) is 6.42 Å². The average Bonchev–Trinajstić information content (AvgIpc) is 2.05. The predicted molar refractivity (Wildman–Crippen MR) is 44.7 cm³/mol. The smallest absolute Gasteiger partial charge is 0.0715 e. The lowest BCUT2D eigenvalue weighted by atomic mass is 10.1. The summed E-state index contributed by atoms with van der Waals surface area (Å²) >= 11 is 0. The Hall–Kier alpha value is -1.57. The summed E-state index contributed by atoms with van der Waals surface area (Å²) < 4.78 is 0. The molecule has 0 bridgehead atoms. The molecule has 0 atom stereocenters. The molecule has 62 valence electrons. The van der Waals surface area contributed by atoms with Crippen LogP contribution in [0.25, 0.3) is 0 Å². The van der Waals surface area contributed by atoms with Crippen LogP contribution in [0.15, 0.2) is 36.9 Å². The fraction of sp³-hybridized carbons (Fsp3) is 0.100. The lowest BCUT2D eigenvalue weighted by Gasteiger charge is -2.03. The van der Waals surface area contributed by atoms with Crippen LogP contribution in [0, 0.1) is 0 Å². The maximum absolute atomic E-state index is 10.4. The van der Waals surface area contributed by atoms with Crippen molar-refractivity contribution in [1.29, 1.82) is 0 Å². The van der Waals surface area contributed by atoms with Gasteiger partial charge in [0.05, 0.1) is 5.97 Å². The normalized spacial score (nSPS) is 9.33. The fourth-order valence-electron chi connectivity index (χ4n) is 0.992. The van der Waals surface area contributed by atoms with E-state index in [4.69, 9.17) is 0 Å². The van der Waals surface area contributed by atoms with E-state index in [2.05, 4.69) is 6.58 Å². The summed E-state index contributed by atoms with van der Waals surface area (Å²) in [4.78, 5) is 10.4. The van der Waals surface area contributed by atoms with Gasteiger partial charge < -0.3 is 9.90 Å². The molecule has 2 heteroatoms. The van der Waals surface area contributed by atoms with Gasteiger partial charge in [0.25, 0.3) is 0 Å². The summed E-state index contributed by atoms with van der Waals surface area (Å²) in [6, 6.07) is 6.66. The summed E-state index contributed by atoms with van der Waals surface area (Å²) in [6.45, 7) is 3.57. The van der Waals surface area contributed by atoms with Crippen LogP contribution in [-0.4, -0.2) is 5.97 Å². The van der Waals surface area contributed by atoms with Crippen LogP contribution >= 0.6 is 0 Å². The molecule has 2 nitrogen and oxygen atoms in total. The third-order valence-electron chi connectivity index (χ3n) is 1.54. The number of allylic oxidation sites excluding steroid dienone is 1. The highest BCUT2D eigenvalue weighted by atomic mass is 16.4. The van der Waals surface area contributed by atoms with Crippen molar-refractivity contribution in [1.82, 2.24) is 0 Å². The summed E-state index contributed by atoms with van der Waals surface area (Å²) in [5.41, 5.74) is 1.15. The van der Waals surface area contributed by atoms with E-state index in [1.807, 2.05) is 6.07 Å². The van der Waals surface area contributed by atoms with Crippen LogP contribution in [0.2, 0.25) is 0 Å². The molecule has 0 amide bonds. The highest BCUT2D eigenvalue weighted by molar-refractivity contribution is 5.85. The van der Waals surface area contributed by atoms with Crippen molar-refractivity contribution in [3.05, 3.63) is 48.0 Å². The van der Waals surface area contributed by atoms with Gasteiger partial charge in [-0.15, -0.1) is 6.58 Å². The van der Waals surface area contributed by atoms with Crippen LogP contribution < -0.4 is 5.11 Å². The number of hydrogen-bond donors (Lipinski definition) is 0. The minimum atomic E-state index is -1.14. The van der Waals surface area contributed by atoms with Crippen molar-refractivity contribution in [3.8, 4) is 0 Å². The van der Waals surface area contributed by atoms with Crippen molar-refractivity contribution in [2.45, 2.75) is 6.42 Å². The lowest BCUT2D eigenvalue weighted by molar-refractivity contribution is -0.255. The Labute approximate surface area is 71.2 Å². The van der Waals surface area contributed by atoms with Crippen LogP contribution in [0.3, 0.4) is 0 Å². The van der Waals surface area contributed by atoms with Crippen LogP contribution in [0.1, 0.15) is 15.9 Å². The Morgan fingerprint density at radius 3 is 2.92 bits per heavy atom. The van der Waals surface area contributed by atoms with E-state index in [0.717, 1.165) is 5.56 Å². The van der Waals surface area contributed by atoms with E-state index in [1.165, 1.54) is 6.07 Å². The van der Waals surface area contributed by atoms with Crippen molar-refractivity contribution < 1.29 is 9.90 Å². The molecule has 1 aromatic carbocycles. The molecule has 0 aliphatic heterocycles. The molecule has 1 rings (SSSR count). The second-order valence-electron chi connectivity index (χ2n) is 2.48. The Bertz CT molecular complexity index is 302. The zero-order valence-corrected chi connectivity index (χ0v) is 6.62. The molecule has 0 aliphatic carbocycles. The van der Waals surface area contributed by atoms with Gasteiger partial charge in [-0.25, -0.2) is 0 Å². The van der Waals surface area contributed by atoms with E-state index in [9.17, 15) is 9.90 Å². The highest BCUT2D eigenvalue weighted by Crippen LogP contribution is 2.05. The van der Waals surface area contributed by atoms with Gasteiger partial charge in [-0.1, -0.05) is 24.3 Å². The lowest BCUT2D eigenvalue weighted by Crippen LogP contribution is -2.22. The zero-order valence-electron chi connectivity index (χ0n) is 6.62. The van der Waals surface area contributed by atoms with Gasteiger partial charge in [-0.3, -0.25) is 0 Å². The van der Waals surface area contributed by atoms with Gasteiger partial charge in [-0.2, -0.15) is 0 Å². The van der Waals surface area contributed by atoms with Gasteiger partial charge in [0, 0.05) is 0 Å². The Kier molecular flexibility index (Phi) is 2.64. The quantitative estimate of drug-likeness (QED) is 0.614. The molecule has 0 saturated heterocycles. The molecular weight excluding hydrogens is 152 g/mol. The average molecular weight is 161 g/mol. The Morgan fingerprint density at radius 2 is 2.33 bits per heavy atom. The Morgan fingerprint density at radius 1 is 1.58 bits per heavy atom. The molecule has 1 aromatic rings. The molecule has 0 radical (unpaired) electrons. The summed E-state index contributed by atoms with van der Waals surface area (Å²) in [6.07, 6.45) is 2.41. The van der Waals surface area contributed by atoms with Crippen LogP contribution in [0.4, 0.5) is 0 Å². The number of carbonyl (C=O) groups is 1. The number of aromatic carboxylic acids is 1. The molecule has 0 heterocycles. The van der Waals surface area contributed by atoms with Gasteiger partial charge in [0.2, 0.25) is 0 Å². The number of benzene rings is 1. The predicted octanol–water partition coefficient (Wildman–Crippen LogP) is 0.779. The van der Waals surface area contributed by atoms with Crippen molar-refractivity contribution >= 4 is 5.97 Å². The molecule has 0 N–H and O–H groups in total. The first-order chi connectivity index (χ1) is 5.74. The minimum absolute atomic E-state index is 0.217. The van der Waals surface area contributed by atoms with Gasteiger partial charge in [-0.05, 0) is 23.6 Å². The maximum atomic E-state index is 10.4. The van der Waals surface area contributed by atoms with Crippen molar-refractivity contribution in [2.75, 3.05) is 0 Å². The van der Waals surface area contributed by atoms with Gasteiger partial charge in [0.1, 0.15) is 0 Å². The van der Waals surface area contributed by atoms with E-state index >= 15 is 0 Å². The number of hydrogen-bond acceptors (Lipinski definition) is 2. The molecule has 0 aliphatic rings. The van der Waals surface area contributed by atoms with Gasteiger partial charge in [0.15, 0.2) is 0 Å². The van der Waals surface area contributed by atoms with Crippen LogP contribution in [-0.2, 0) is 6.42 Å². The van der Waals surface area contributed by atoms with Gasteiger partial charge >= 0.3 is 0 Å². The number of rotatable bonds is 3. The zero-order chi connectivity index (χ0) is 8.97. The monoisotopic (exact) mass is 161 g/mol. The van der Waals surface area contributed by atoms with E-state index in [1.54, 1.807) is 18.2 Å². The third kappa shape index (κ3) is 1.95. The van der Waals surface area contributed by atoms with Crippen molar-refractivity contribution in [3.63, 3.8) is 0 Å². The standard InChI is InChI=1S/C10H10O2/c1-2-4-8-5-3-6-9(7-8)10(11)12/h2-3,5-7H,1,4H2,(H,11,12)/p-1. The minimum Gasteiger partial charge on any atom is -0.545 e. The molecular formula is C10H9O2-. The first-order valence-corrected chi connectivity index (χ1v) is 3.65. The second-order valence-corrected chi connectivity index (χ2v) is 2.48. The molecule has 0 unspecified atom stereocenters. The number of carbonyl (C=O) groups excluding carboxylic acids is 1. The molecule has 12 heavy (non-hydrogen) atoms. The first kappa shape index (κ1) is 8.53. The largest absolute Gasteiger partial charge is 0.545 e. The molecule has 0 saturated carbocycles. The molecule has 0 spiro atoms.